The topological polar surface area (TPSA) is 37.3 Å². The molecule has 0 amide bonds. The van der Waals surface area contributed by atoms with Gasteiger partial charge in [0.25, 0.3) is 0 Å². The summed E-state index contributed by atoms with van der Waals surface area (Å²) in [5.74, 6) is -8.41. The van der Waals surface area contributed by atoms with E-state index in [0.29, 0.717) is 0 Å². The van der Waals surface area contributed by atoms with E-state index in [2.05, 4.69) is 0 Å². The summed E-state index contributed by atoms with van der Waals surface area (Å²) in [6, 6.07) is 0. The molecule has 0 spiro atoms. The van der Waals surface area contributed by atoms with Crippen LogP contribution in [-0.4, -0.2) is 23.2 Å². The lowest BCUT2D eigenvalue weighted by atomic mass is 10.1. The molecule has 2 atom stereocenters. The van der Waals surface area contributed by atoms with Crippen molar-refractivity contribution in [2.24, 2.45) is 17.3 Å². The Bertz CT molecular complexity index is 400. The van der Waals surface area contributed by atoms with Crippen molar-refractivity contribution >= 4 is 17.6 Å². The molecule has 0 heterocycles. The number of allylic oxidation sites excluding steroid dienone is 2. The first kappa shape index (κ1) is 15.2. The van der Waals surface area contributed by atoms with Gasteiger partial charge in [-0.05, 0) is 5.41 Å². The van der Waals surface area contributed by atoms with Gasteiger partial charge in [-0.2, -0.15) is 22.0 Å². The minimum atomic E-state index is -5.75. The Labute approximate surface area is 104 Å². The molecular weight excluding hydrogens is 283 g/mol. The Hall–Kier alpha value is -0.850. The Morgan fingerprint density at radius 2 is 1.67 bits per heavy atom. The molecule has 1 saturated carbocycles. The van der Waals surface area contributed by atoms with Gasteiger partial charge in [0.15, 0.2) is 0 Å². The number of aliphatic carboxylic acids is 1. The smallest absolute Gasteiger partial charge is 0.457 e. The van der Waals surface area contributed by atoms with E-state index < -0.39 is 46.4 Å². The highest BCUT2D eigenvalue weighted by Crippen LogP contribution is 2.63. The Kier molecular flexibility index (Phi) is 3.45. The molecule has 0 aliphatic heterocycles. The van der Waals surface area contributed by atoms with Crippen LogP contribution >= 0.6 is 11.6 Å². The zero-order chi connectivity index (χ0) is 14.5. The fourth-order valence-electron chi connectivity index (χ4n) is 1.96. The van der Waals surface area contributed by atoms with E-state index in [4.69, 9.17) is 16.7 Å². The quantitative estimate of drug-likeness (QED) is 0.806. The summed E-state index contributed by atoms with van der Waals surface area (Å²) in [7, 11) is 0. The molecule has 0 aromatic rings. The van der Waals surface area contributed by atoms with Gasteiger partial charge >= 0.3 is 18.1 Å². The summed E-state index contributed by atoms with van der Waals surface area (Å²) in [5.41, 5.74) is -0.929. The SMILES string of the molecule is CC1(C)C(C(=O)O)C1C(Cl)=CC(F)(F)C(F)(F)F. The van der Waals surface area contributed by atoms with Crippen LogP contribution in [0, 0.1) is 17.3 Å². The number of hydrogen-bond donors (Lipinski definition) is 1. The van der Waals surface area contributed by atoms with E-state index in [0.717, 1.165) is 0 Å². The van der Waals surface area contributed by atoms with E-state index in [1.807, 2.05) is 0 Å². The van der Waals surface area contributed by atoms with Gasteiger partial charge in [-0.25, -0.2) is 0 Å². The van der Waals surface area contributed by atoms with Gasteiger partial charge in [0.05, 0.1) is 5.92 Å². The molecule has 1 fully saturated rings. The van der Waals surface area contributed by atoms with Crippen LogP contribution in [-0.2, 0) is 4.79 Å². The number of rotatable bonds is 3. The minimum absolute atomic E-state index is 0.413. The molecular formula is C10H10ClF5O2. The fraction of sp³-hybridized carbons (Fsp3) is 0.700. The van der Waals surface area contributed by atoms with Crippen molar-refractivity contribution in [2.45, 2.75) is 25.9 Å². The zero-order valence-corrected chi connectivity index (χ0v) is 10.1. The summed E-state index contributed by atoms with van der Waals surface area (Å²) >= 11 is 5.41. The largest absolute Gasteiger partial charge is 0.481 e. The predicted molar refractivity (Wildman–Crippen MR) is 53.3 cm³/mol. The number of carboxylic acid groups (broad SMARTS) is 1. The number of carboxylic acids is 1. The molecule has 1 rings (SSSR count). The van der Waals surface area contributed by atoms with E-state index in [1.54, 1.807) is 0 Å². The third-order valence-electron chi connectivity index (χ3n) is 3.09. The fourth-order valence-corrected chi connectivity index (χ4v) is 2.50. The van der Waals surface area contributed by atoms with E-state index in [1.165, 1.54) is 13.8 Å². The zero-order valence-electron chi connectivity index (χ0n) is 9.36. The number of halogens is 6. The molecule has 0 bridgehead atoms. The van der Waals surface area contributed by atoms with Crippen molar-refractivity contribution in [1.82, 2.24) is 0 Å². The lowest BCUT2D eigenvalue weighted by Gasteiger charge is -2.16. The van der Waals surface area contributed by atoms with Crippen molar-refractivity contribution in [1.29, 1.82) is 0 Å². The maximum Gasteiger partial charge on any atom is 0.457 e. The van der Waals surface area contributed by atoms with Crippen molar-refractivity contribution in [3.8, 4) is 0 Å². The van der Waals surface area contributed by atoms with Crippen molar-refractivity contribution in [3.05, 3.63) is 11.1 Å². The van der Waals surface area contributed by atoms with Gasteiger partial charge in [0.1, 0.15) is 0 Å². The molecule has 1 aliphatic rings. The first-order chi connectivity index (χ1) is 7.82. The normalized spacial score (nSPS) is 28.1. The van der Waals surface area contributed by atoms with Crippen LogP contribution in [0.5, 0.6) is 0 Å². The van der Waals surface area contributed by atoms with Crippen LogP contribution in [0.25, 0.3) is 0 Å². The van der Waals surface area contributed by atoms with Crippen LogP contribution in [0.1, 0.15) is 13.8 Å². The average Bonchev–Trinajstić information content (AvgIpc) is 2.66. The van der Waals surface area contributed by atoms with Crippen LogP contribution in [0.4, 0.5) is 22.0 Å². The monoisotopic (exact) mass is 292 g/mol. The summed E-state index contributed by atoms with van der Waals surface area (Å²) in [4.78, 5) is 10.8. The second-order valence-electron chi connectivity index (χ2n) is 4.76. The van der Waals surface area contributed by atoms with Gasteiger partial charge < -0.3 is 5.11 Å². The third kappa shape index (κ3) is 2.46. The number of hydrogen-bond acceptors (Lipinski definition) is 1. The maximum absolute atomic E-state index is 12.7. The lowest BCUT2D eigenvalue weighted by molar-refractivity contribution is -0.259. The Morgan fingerprint density at radius 3 is 1.94 bits per heavy atom. The molecule has 2 nitrogen and oxygen atoms in total. The molecule has 2 unspecified atom stereocenters. The van der Waals surface area contributed by atoms with Gasteiger partial charge in [-0.15, -0.1) is 0 Å². The van der Waals surface area contributed by atoms with Gasteiger partial charge in [0.2, 0.25) is 0 Å². The van der Waals surface area contributed by atoms with E-state index >= 15 is 0 Å². The van der Waals surface area contributed by atoms with Crippen molar-refractivity contribution < 1.29 is 31.9 Å². The molecule has 104 valence electrons. The molecule has 18 heavy (non-hydrogen) atoms. The molecule has 1 N–H and O–H groups in total. The third-order valence-corrected chi connectivity index (χ3v) is 3.43. The predicted octanol–water partition coefficient (Wildman–Crippen LogP) is 3.66. The summed E-state index contributed by atoms with van der Waals surface area (Å²) < 4.78 is 61.3. The first-order valence-corrected chi connectivity index (χ1v) is 5.25. The van der Waals surface area contributed by atoms with Crippen LogP contribution in [0.3, 0.4) is 0 Å². The van der Waals surface area contributed by atoms with E-state index in [9.17, 15) is 26.7 Å². The van der Waals surface area contributed by atoms with Crippen molar-refractivity contribution in [3.63, 3.8) is 0 Å². The standard InChI is InChI=1S/C10H10ClF5O2/c1-8(2)5(6(8)7(17)18)4(11)3-9(12,13)10(14,15)16/h3,5-6H,1-2H3,(H,17,18). The van der Waals surface area contributed by atoms with Gasteiger partial charge in [-0.3, -0.25) is 4.79 Å². The maximum atomic E-state index is 12.7. The number of carbonyl (C=O) groups is 1. The van der Waals surface area contributed by atoms with E-state index in [-0.39, 0.29) is 0 Å². The Balaban J connectivity index is 2.98. The van der Waals surface area contributed by atoms with Gasteiger partial charge in [0, 0.05) is 17.0 Å². The highest BCUT2D eigenvalue weighted by atomic mass is 35.5. The Morgan fingerprint density at radius 1 is 1.22 bits per heavy atom. The summed E-state index contributed by atoms with van der Waals surface area (Å²) in [5, 5.41) is 8.00. The molecule has 0 radical (unpaired) electrons. The minimum Gasteiger partial charge on any atom is -0.481 e. The molecule has 0 aromatic carbocycles. The van der Waals surface area contributed by atoms with Crippen LogP contribution < -0.4 is 0 Å². The first-order valence-electron chi connectivity index (χ1n) is 4.88. The second kappa shape index (κ2) is 4.08. The average molecular weight is 293 g/mol. The summed E-state index contributed by atoms with van der Waals surface area (Å²) in [6.45, 7) is 2.89. The molecule has 1 aliphatic carbocycles. The molecule has 0 saturated heterocycles. The second-order valence-corrected chi connectivity index (χ2v) is 5.20. The lowest BCUT2D eigenvalue weighted by Crippen LogP contribution is -2.34. The molecule has 0 aromatic heterocycles. The number of alkyl halides is 5. The van der Waals surface area contributed by atoms with Crippen LogP contribution in [0.15, 0.2) is 11.1 Å². The van der Waals surface area contributed by atoms with Crippen molar-refractivity contribution in [2.75, 3.05) is 0 Å². The van der Waals surface area contributed by atoms with Gasteiger partial charge in [-0.1, -0.05) is 25.4 Å². The van der Waals surface area contributed by atoms with Crippen LogP contribution in [0.2, 0.25) is 0 Å². The molecule has 8 heteroatoms. The highest BCUT2D eigenvalue weighted by molar-refractivity contribution is 6.30. The highest BCUT2D eigenvalue weighted by Gasteiger charge is 2.65. The summed E-state index contributed by atoms with van der Waals surface area (Å²) in [6.07, 6.45) is -6.16.